The molecule has 0 radical (unpaired) electrons. The van der Waals surface area contributed by atoms with Crippen molar-refractivity contribution in [2.24, 2.45) is 5.41 Å². The van der Waals surface area contributed by atoms with Gasteiger partial charge in [-0.2, -0.15) is 0 Å². The third-order valence-electron chi connectivity index (χ3n) is 6.41. The summed E-state index contributed by atoms with van der Waals surface area (Å²) in [6, 6.07) is 20.8. The van der Waals surface area contributed by atoms with E-state index in [0.29, 0.717) is 0 Å². The molecular formula is C27H31N3O2. The number of ether oxygens (including phenoxy) is 1. The second-order valence-corrected chi connectivity index (χ2v) is 8.64. The van der Waals surface area contributed by atoms with E-state index in [9.17, 15) is 4.79 Å². The number of methoxy groups -OCH3 is 1. The molecule has 166 valence electrons. The highest BCUT2D eigenvalue weighted by Gasteiger charge is 2.41. The minimum absolute atomic E-state index is 0.132. The third kappa shape index (κ3) is 5.00. The van der Waals surface area contributed by atoms with Crippen LogP contribution in [-0.2, 0) is 17.8 Å². The van der Waals surface area contributed by atoms with Crippen LogP contribution in [-0.4, -0.2) is 43.0 Å². The number of hydrogen-bond acceptors (Lipinski definition) is 4. The lowest BCUT2D eigenvalue weighted by Gasteiger charge is -2.41. The molecule has 3 aromatic rings. The molecule has 2 heterocycles. The highest BCUT2D eigenvalue weighted by Crippen LogP contribution is 2.35. The summed E-state index contributed by atoms with van der Waals surface area (Å²) in [5.74, 6) is 0.985. The third-order valence-corrected chi connectivity index (χ3v) is 6.41. The van der Waals surface area contributed by atoms with E-state index in [1.807, 2.05) is 24.4 Å². The number of pyridine rings is 1. The normalized spacial score (nSPS) is 18.8. The minimum atomic E-state index is -0.420. The number of amides is 1. The predicted molar refractivity (Wildman–Crippen MR) is 127 cm³/mol. The standard InChI is InChI=1S/C27H31N3O2/c1-28-26(31)27(14-4-16-30(20-27)19-22-5-3-15-29-18-22)17-21-6-8-23(9-7-21)24-10-12-25(32-2)13-11-24/h3,5-13,15,18H,4,14,16-17,19-20H2,1-2H3,(H,28,31)/t27-/m0/s1. The summed E-state index contributed by atoms with van der Waals surface area (Å²) in [5, 5.41) is 2.94. The first kappa shape index (κ1) is 22.0. The van der Waals surface area contributed by atoms with Crippen LogP contribution in [0.25, 0.3) is 11.1 Å². The maximum absolute atomic E-state index is 13.1. The van der Waals surface area contributed by atoms with Crippen LogP contribution in [0, 0.1) is 5.41 Å². The first-order valence-electron chi connectivity index (χ1n) is 11.2. The van der Waals surface area contributed by atoms with E-state index in [0.717, 1.165) is 55.8 Å². The highest BCUT2D eigenvalue weighted by atomic mass is 16.5. The topological polar surface area (TPSA) is 54.5 Å². The van der Waals surface area contributed by atoms with Crippen LogP contribution in [0.5, 0.6) is 5.75 Å². The molecule has 1 atom stereocenters. The molecule has 5 heteroatoms. The van der Waals surface area contributed by atoms with Crippen LogP contribution in [0.2, 0.25) is 0 Å². The largest absolute Gasteiger partial charge is 0.497 e. The molecule has 2 aromatic carbocycles. The van der Waals surface area contributed by atoms with Crippen LogP contribution < -0.4 is 10.1 Å². The van der Waals surface area contributed by atoms with Crippen molar-refractivity contribution in [2.45, 2.75) is 25.8 Å². The molecule has 5 nitrogen and oxygen atoms in total. The Morgan fingerprint density at radius 1 is 1.06 bits per heavy atom. The molecule has 1 fully saturated rings. The Morgan fingerprint density at radius 2 is 1.78 bits per heavy atom. The monoisotopic (exact) mass is 429 g/mol. The van der Waals surface area contributed by atoms with Gasteiger partial charge in [0, 0.05) is 32.5 Å². The number of aromatic nitrogens is 1. The molecule has 0 aliphatic carbocycles. The summed E-state index contributed by atoms with van der Waals surface area (Å²) in [7, 11) is 3.42. The van der Waals surface area contributed by atoms with Gasteiger partial charge in [-0.1, -0.05) is 42.5 Å². The molecule has 0 saturated carbocycles. The summed E-state index contributed by atoms with van der Waals surface area (Å²) in [5.41, 5.74) is 4.26. The van der Waals surface area contributed by atoms with Gasteiger partial charge in [0.1, 0.15) is 5.75 Å². The van der Waals surface area contributed by atoms with Crippen molar-refractivity contribution in [3.63, 3.8) is 0 Å². The van der Waals surface area contributed by atoms with Crippen molar-refractivity contribution in [1.82, 2.24) is 15.2 Å². The molecule has 0 unspecified atom stereocenters. The van der Waals surface area contributed by atoms with Crippen molar-refractivity contribution in [3.8, 4) is 16.9 Å². The molecule has 0 spiro atoms. The molecule has 1 aliphatic heterocycles. The lowest BCUT2D eigenvalue weighted by Crippen LogP contribution is -2.52. The zero-order chi connectivity index (χ0) is 22.4. The quantitative estimate of drug-likeness (QED) is 0.607. The first-order valence-corrected chi connectivity index (χ1v) is 11.2. The molecule has 1 N–H and O–H groups in total. The SMILES string of the molecule is CNC(=O)[C@]1(Cc2ccc(-c3ccc(OC)cc3)cc2)CCCN(Cc2cccnc2)C1. The summed E-state index contributed by atoms with van der Waals surface area (Å²) in [6.45, 7) is 2.58. The second-order valence-electron chi connectivity index (χ2n) is 8.64. The van der Waals surface area contributed by atoms with Crippen LogP contribution in [0.3, 0.4) is 0 Å². The Morgan fingerprint density at radius 3 is 2.41 bits per heavy atom. The van der Waals surface area contributed by atoms with Gasteiger partial charge in [0.15, 0.2) is 0 Å². The van der Waals surface area contributed by atoms with Gasteiger partial charge >= 0.3 is 0 Å². The lowest BCUT2D eigenvalue weighted by molar-refractivity contribution is -0.134. The van der Waals surface area contributed by atoms with Gasteiger partial charge in [-0.3, -0.25) is 14.7 Å². The van der Waals surface area contributed by atoms with E-state index in [4.69, 9.17) is 4.74 Å². The molecule has 1 saturated heterocycles. The molecule has 32 heavy (non-hydrogen) atoms. The lowest BCUT2D eigenvalue weighted by atomic mass is 9.74. The van der Waals surface area contributed by atoms with Gasteiger partial charge in [-0.15, -0.1) is 0 Å². The van der Waals surface area contributed by atoms with Crippen LogP contribution in [0.1, 0.15) is 24.0 Å². The van der Waals surface area contributed by atoms with Gasteiger partial charge in [0.2, 0.25) is 5.91 Å². The average Bonchev–Trinajstić information content (AvgIpc) is 2.85. The zero-order valence-electron chi connectivity index (χ0n) is 18.9. The highest BCUT2D eigenvalue weighted by molar-refractivity contribution is 5.83. The van der Waals surface area contributed by atoms with Gasteiger partial charge in [-0.25, -0.2) is 0 Å². The number of carbonyl (C=O) groups is 1. The number of benzene rings is 2. The van der Waals surface area contributed by atoms with E-state index >= 15 is 0 Å². The summed E-state index contributed by atoms with van der Waals surface area (Å²) in [6.07, 6.45) is 6.35. The van der Waals surface area contributed by atoms with Crippen molar-refractivity contribution in [1.29, 1.82) is 0 Å². The number of likely N-dealkylation sites (tertiary alicyclic amines) is 1. The zero-order valence-corrected chi connectivity index (χ0v) is 18.9. The Labute approximate surface area is 190 Å². The molecule has 4 rings (SSSR count). The number of carbonyl (C=O) groups excluding carboxylic acids is 1. The van der Waals surface area contributed by atoms with Gasteiger partial charge in [0.05, 0.1) is 12.5 Å². The van der Waals surface area contributed by atoms with Gasteiger partial charge in [-0.05, 0) is 66.3 Å². The second kappa shape index (κ2) is 9.96. The van der Waals surface area contributed by atoms with Crippen molar-refractivity contribution in [2.75, 3.05) is 27.2 Å². The maximum atomic E-state index is 13.1. The first-order chi connectivity index (χ1) is 15.6. The van der Waals surface area contributed by atoms with Crippen molar-refractivity contribution < 1.29 is 9.53 Å². The van der Waals surface area contributed by atoms with Gasteiger partial charge in [0.25, 0.3) is 0 Å². The van der Waals surface area contributed by atoms with E-state index in [-0.39, 0.29) is 5.91 Å². The van der Waals surface area contributed by atoms with E-state index < -0.39 is 5.41 Å². The average molecular weight is 430 g/mol. The van der Waals surface area contributed by atoms with E-state index in [2.05, 4.69) is 57.7 Å². The van der Waals surface area contributed by atoms with Crippen LogP contribution in [0.15, 0.2) is 73.1 Å². The Hall–Kier alpha value is -3.18. The Bertz CT molecular complexity index is 1020. The number of rotatable bonds is 7. The number of nitrogens with zero attached hydrogens (tertiary/aromatic N) is 2. The van der Waals surface area contributed by atoms with Crippen molar-refractivity contribution in [3.05, 3.63) is 84.2 Å². The molecule has 1 amide bonds. The van der Waals surface area contributed by atoms with Crippen molar-refractivity contribution >= 4 is 5.91 Å². The van der Waals surface area contributed by atoms with E-state index in [1.165, 1.54) is 11.1 Å². The Balaban J connectivity index is 1.51. The van der Waals surface area contributed by atoms with Gasteiger partial charge < -0.3 is 10.1 Å². The van der Waals surface area contributed by atoms with E-state index in [1.54, 1.807) is 20.4 Å². The Kier molecular flexibility index (Phi) is 6.86. The fourth-order valence-electron chi connectivity index (χ4n) is 4.78. The molecule has 1 aliphatic rings. The number of hydrogen-bond donors (Lipinski definition) is 1. The fraction of sp³-hybridized carbons (Fsp3) is 0.333. The fourth-order valence-corrected chi connectivity index (χ4v) is 4.78. The molecule has 1 aromatic heterocycles. The van der Waals surface area contributed by atoms with Crippen LogP contribution in [0.4, 0.5) is 0 Å². The predicted octanol–water partition coefficient (Wildman–Crippen LogP) is 4.33. The summed E-state index contributed by atoms with van der Waals surface area (Å²) < 4.78 is 5.25. The summed E-state index contributed by atoms with van der Waals surface area (Å²) in [4.78, 5) is 19.7. The maximum Gasteiger partial charge on any atom is 0.227 e. The number of nitrogens with one attached hydrogen (secondary N) is 1. The molecular weight excluding hydrogens is 398 g/mol. The number of piperidine rings is 1. The minimum Gasteiger partial charge on any atom is -0.497 e. The molecule has 0 bridgehead atoms. The van der Waals surface area contributed by atoms with Crippen LogP contribution >= 0.6 is 0 Å². The smallest absolute Gasteiger partial charge is 0.227 e. The summed E-state index contributed by atoms with van der Waals surface area (Å²) >= 11 is 0.